The van der Waals surface area contributed by atoms with Gasteiger partial charge in [0.1, 0.15) is 18.4 Å². The van der Waals surface area contributed by atoms with Crippen molar-refractivity contribution in [3.8, 4) is 12.1 Å². The molecule has 2 aromatic heterocycles. The van der Waals surface area contributed by atoms with Crippen molar-refractivity contribution in [2.24, 2.45) is 5.92 Å². The van der Waals surface area contributed by atoms with Crippen LogP contribution in [0, 0.1) is 28.6 Å². The Kier molecular flexibility index (Phi) is 10.3. The van der Waals surface area contributed by atoms with Gasteiger partial charge < -0.3 is 18.6 Å². The van der Waals surface area contributed by atoms with Crippen LogP contribution in [0.4, 0.5) is 0 Å². The third kappa shape index (κ3) is 8.19. The number of hydrogen-bond acceptors (Lipinski definition) is 8. The number of aryl methyl sites for hydroxylation is 1. The molecule has 1 aliphatic heterocycles. The van der Waals surface area contributed by atoms with Gasteiger partial charge in [-0.2, -0.15) is 10.5 Å². The largest absolute Gasteiger partial charge is 0.497 e. The fourth-order valence-electron chi connectivity index (χ4n) is 5.06. The maximum absolute atomic E-state index is 8.97. The highest BCUT2D eigenvalue weighted by Crippen LogP contribution is 2.23. The summed E-state index contributed by atoms with van der Waals surface area (Å²) in [5.74, 6) is 1.85. The first-order valence-corrected chi connectivity index (χ1v) is 13.7. The third-order valence-electron chi connectivity index (χ3n) is 7.16. The van der Waals surface area contributed by atoms with E-state index < -0.39 is 0 Å². The molecule has 3 heterocycles. The van der Waals surface area contributed by atoms with Crippen LogP contribution >= 0.6 is 0 Å². The molecule has 1 aliphatic rings. The van der Waals surface area contributed by atoms with Crippen molar-refractivity contribution < 1.29 is 13.7 Å². The van der Waals surface area contributed by atoms with Gasteiger partial charge in [0, 0.05) is 11.8 Å². The molecule has 0 radical (unpaired) electrons. The van der Waals surface area contributed by atoms with Crippen molar-refractivity contribution in [2.45, 2.75) is 45.8 Å². The van der Waals surface area contributed by atoms with Gasteiger partial charge in [0.25, 0.3) is 0 Å². The molecule has 8 nitrogen and oxygen atoms in total. The number of nitrogens with zero attached hydrogens (tertiary/aromatic N) is 5. The van der Waals surface area contributed by atoms with Crippen LogP contribution in [0.5, 0.6) is 0 Å². The summed E-state index contributed by atoms with van der Waals surface area (Å²) < 4.78 is 17.1. The highest BCUT2D eigenvalue weighted by atomic mass is 16.5. The summed E-state index contributed by atoms with van der Waals surface area (Å²) in [5.41, 5.74) is 4.58. The summed E-state index contributed by atoms with van der Waals surface area (Å²) in [4.78, 5) is 4.52. The van der Waals surface area contributed by atoms with E-state index in [0.29, 0.717) is 23.8 Å². The number of hydrogen-bond donors (Lipinski definition) is 0. The predicted molar refractivity (Wildman–Crippen MR) is 153 cm³/mol. The summed E-state index contributed by atoms with van der Waals surface area (Å²) in [5, 5.41) is 23.4. The molecule has 0 amide bonds. The minimum atomic E-state index is 0.371. The van der Waals surface area contributed by atoms with Crippen molar-refractivity contribution >= 4 is 11.6 Å². The summed E-state index contributed by atoms with van der Waals surface area (Å²) in [6, 6.07) is 15.2. The predicted octanol–water partition coefficient (Wildman–Crippen LogP) is 4.10. The minimum Gasteiger partial charge on any atom is -0.497 e. The number of benzene rings is 1. The zero-order valence-electron chi connectivity index (χ0n) is 23.6. The van der Waals surface area contributed by atoms with Gasteiger partial charge in [-0.25, -0.2) is 0 Å². The summed E-state index contributed by atoms with van der Waals surface area (Å²) in [7, 11) is 4.09. The SMILES string of the molecule is C/C(CN(C)C)=c1/onc(CCC2CCN(Cc3ccc(C#N)o3)CC2)/c1=C/C=C/OCc1ccc(C#N)cc1. The van der Waals surface area contributed by atoms with Crippen LogP contribution in [0.2, 0.25) is 0 Å². The van der Waals surface area contributed by atoms with E-state index in [1.807, 2.05) is 44.4 Å². The number of piperidine rings is 1. The second-order valence-corrected chi connectivity index (χ2v) is 10.6. The standard InChI is InChI=1S/C32H37N5O3/c1-24(21-36(2)3)32-30(5-4-18-38-23-27-8-6-26(19-33)7-9-27)31(35-40-32)13-10-25-14-16-37(17-15-25)22-29-12-11-28(20-34)39-29/h4-9,11-12,18,25H,10,13-17,21-23H2,1-3H3/b18-4+,30-5-,32-24-. The quantitative estimate of drug-likeness (QED) is 0.336. The van der Waals surface area contributed by atoms with Gasteiger partial charge in [-0.05, 0) is 113 Å². The average molecular weight is 540 g/mol. The van der Waals surface area contributed by atoms with Crippen LogP contribution < -0.4 is 10.6 Å². The molecule has 40 heavy (non-hydrogen) atoms. The minimum absolute atomic E-state index is 0.371. The lowest BCUT2D eigenvalue weighted by molar-refractivity contribution is 0.161. The van der Waals surface area contributed by atoms with E-state index in [1.54, 1.807) is 24.5 Å². The number of ether oxygens (including phenoxy) is 1. The molecule has 0 aliphatic carbocycles. The van der Waals surface area contributed by atoms with Crippen LogP contribution in [-0.4, -0.2) is 48.7 Å². The van der Waals surface area contributed by atoms with E-state index >= 15 is 0 Å². The van der Waals surface area contributed by atoms with Gasteiger partial charge >= 0.3 is 0 Å². The Labute approximate surface area is 236 Å². The molecule has 0 atom stereocenters. The maximum atomic E-state index is 8.97. The van der Waals surface area contributed by atoms with Crippen molar-refractivity contribution in [1.82, 2.24) is 15.0 Å². The Bertz CT molecular complexity index is 1480. The zero-order valence-corrected chi connectivity index (χ0v) is 23.6. The van der Waals surface area contributed by atoms with Crippen molar-refractivity contribution in [2.75, 3.05) is 33.7 Å². The number of likely N-dealkylation sites (tertiary alicyclic amines) is 1. The Morgan fingerprint density at radius 2 is 1.90 bits per heavy atom. The van der Waals surface area contributed by atoms with E-state index in [0.717, 1.165) is 85.1 Å². The summed E-state index contributed by atoms with van der Waals surface area (Å²) >= 11 is 0. The van der Waals surface area contributed by atoms with Gasteiger partial charge in [-0.1, -0.05) is 17.3 Å². The highest BCUT2D eigenvalue weighted by molar-refractivity contribution is 5.45. The lowest BCUT2D eigenvalue weighted by atomic mass is 9.91. The molecule has 4 rings (SSSR count). The topological polar surface area (TPSA) is 102 Å². The normalized spacial score (nSPS) is 15.9. The lowest BCUT2D eigenvalue weighted by Gasteiger charge is -2.31. The van der Waals surface area contributed by atoms with E-state index in [2.05, 4.69) is 34.0 Å². The smallest absolute Gasteiger partial charge is 0.203 e. The Hall–Kier alpha value is -4.11. The van der Waals surface area contributed by atoms with Gasteiger partial charge in [0.2, 0.25) is 5.76 Å². The second kappa shape index (κ2) is 14.3. The lowest BCUT2D eigenvalue weighted by Crippen LogP contribution is -2.33. The van der Waals surface area contributed by atoms with Gasteiger partial charge in [-0.15, -0.1) is 0 Å². The van der Waals surface area contributed by atoms with Gasteiger partial charge in [0.15, 0.2) is 5.42 Å². The molecule has 0 saturated carbocycles. The first kappa shape index (κ1) is 28.9. The van der Waals surface area contributed by atoms with Crippen LogP contribution in [0.1, 0.15) is 54.5 Å². The van der Waals surface area contributed by atoms with Gasteiger partial charge in [-0.3, -0.25) is 4.90 Å². The Balaban J connectivity index is 1.37. The first-order valence-electron chi connectivity index (χ1n) is 13.7. The zero-order chi connectivity index (χ0) is 28.3. The van der Waals surface area contributed by atoms with Crippen LogP contribution in [0.25, 0.3) is 11.6 Å². The fraction of sp³-hybridized carbons (Fsp3) is 0.406. The summed E-state index contributed by atoms with van der Waals surface area (Å²) in [6.45, 7) is 6.10. The number of allylic oxidation sites excluding steroid dienone is 1. The van der Waals surface area contributed by atoms with E-state index in [1.165, 1.54) is 0 Å². The molecule has 0 bridgehead atoms. The molecule has 3 aromatic rings. The molecular weight excluding hydrogens is 502 g/mol. The summed E-state index contributed by atoms with van der Waals surface area (Å²) in [6.07, 6.45) is 9.80. The van der Waals surface area contributed by atoms with Crippen molar-refractivity contribution in [3.05, 3.63) is 87.7 Å². The fourth-order valence-corrected chi connectivity index (χ4v) is 5.06. The molecule has 8 heteroatoms. The van der Waals surface area contributed by atoms with E-state index in [9.17, 15) is 0 Å². The van der Waals surface area contributed by atoms with Crippen LogP contribution in [0.15, 0.2) is 57.7 Å². The Morgan fingerprint density at radius 1 is 1.12 bits per heavy atom. The van der Waals surface area contributed by atoms with Gasteiger partial charge in [0.05, 0.1) is 30.1 Å². The number of rotatable bonds is 11. The number of aromatic nitrogens is 1. The average Bonchev–Trinajstić information content (AvgIpc) is 3.59. The Morgan fingerprint density at radius 3 is 2.58 bits per heavy atom. The molecule has 1 aromatic carbocycles. The molecular formula is C32H37N5O3. The monoisotopic (exact) mass is 539 g/mol. The molecule has 0 unspecified atom stereocenters. The van der Waals surface area contributed by atoms with E-state index in [-0.39, 0.29) is 0 Å². The molecule has 1 saturated heterocycles. The van der Waals surface area contributed by atoms with Crippen LogP contribution in [-0.2, 0) is 24.3 Å². The number of furan rings is 1. The highest BCUT2D eigenvalue weighted by Gasteiger charge is 2.21. The molecule has 208 valence electrons. The molecule has 0 spiro atoms. The second-order valence-electron chi connectivity index (χ2n) is 10.6. The maximum Gasteiger partial charge on any atom is 0.203 e. The molecule has 1 fully saturated rings. The number of nitriles is 2. The van der Waals surface area contributed by atoms with E-state index in [4.69, 9.17) is 24.2 Å². The van der Waals surface area contributed by atoms with Crippen LogP contribution in [0.3, 0.4) is 0 Å². The van der Waals surface area contributed by atoms with Crippen molar-refractivity contribution in [1.29, 1.82) is 10.5 Å². The van der Waals surface area contributed by atoms with Crippen molar-refractivity contribution in [3.63, 3.8) is 0 Å². The molecule has 0 N–H and O–H groups in total. The first-order chi connectivity index (χ1) is 19.4. The third-order valence-corrected chi connectivity index (χ3v) is 7.16.